The summed E-state index contributed by atoms with van der Waals surface area (Å²) < 4.78 is 33.4. The van der Waals surface area contributed by atoms with Crippen LogP contribution in [-0.4, -0.2) is 37.9 Å². The number of nitrogens with zero attached hydrogens (tertiary/aromatic N) is 2. The number of aryl methyl sites for hydroxylation is 3. The molecule has 1 fully saturated rings. The molecule has 160 valence electrons. The summed E-state index contributed by atoms with van der Waals surface area (Å²) in [6.07, 6.45) is 0.740. The number of carbonyl (C=O) groups excluding carboxylic acids is 1. The van der Waals surface area contributed by atoms with Gasteiger partial charge in [0.05, 0.1) is 10.6 Å². The molecule has 0 atom stereocenters. The Morgan fingerprint density at radius 2 is 1.73 bits per heavy atom. The fraction of sp³-hybridized carbons (Fsp3) is 0.409. The third-order valence-corrected chi connectivity index (χ3v) is 8.42. The first-order valence-corrected chi connectivity index (χ1v) is 11.8. The van der Waals surface area contributed by atoms with Gasteiger partial charge >= 0.3 is 6.09 Å². The van der Waals surface area contributed by atoms with Crippen molar-refractivity contribution in [2.75, 3.05) is 18.0 Å². The standard InChI is InChI=1S/C22H25ClN2O4S/c1-14-5-4-6-17-13-29-22(26)25(21(14)17)18-7-9-24(10-8-18)30(27,28)20-12-15(2)19(23)11-16(20)3/h4-6,11-12,18H,7-10,13H2,1-3H3. The zero-order valence-electron chi connectivity index (χ0n) is 17.3. The molecule has 1 saturated heterocycles. The largest absolute Gasteiger partial charge is 0.444 e. The third kappa shape index (κ3) is 3.59. The Morgan fingerprint density at radius 3 is 2.43 bits per heavy atom. The van der Waals surface area contributed by atoms with Gasteiger partial charge in [-0.05, 0) is 62.4 Å². The molecule has 0 unspecified atom stereocenters. The highest BCUT2D eigenvalue weighted by Crippen LogP contribution is 2.35. The van der Waals surface area contributed by atoms with Crippen molar-refractivity contribution in [2.24, 2.45) is 0 Å². The lowest BCUT2D eigenvalue weighted by molar-refractivity contribution is 0.135. The summed E-state index contributed by atoms with van der Waals surface area (Å²) in [5.74, 6) is 0. The fourth-order valence-corrected chi connectivity index (χ4v) is 6.30. The highest BCUT2D eigenvalue weighted by Gasteiger charge is 2.38. The Balaban J connectivity index is 1.57. The molecule has 0 spiro atoms. The number of cyclic esters (lactones) is 1. The number of hydrogen-bond acceptors (Lipinski definition) is 4. The fourth-order valence-electron chi connectivity index (χ4n) is 4.33. The van der Waals surface area contributed by atoms with Crippen LogP contribution < -0.4 is 4.90 Å². The molecule has 4 rings (SSSR count). The molecule has 6 nitrogen and oxygen atoms in total. The average molecular weight is 449 g/mol. The molecule has 8 heteroatoms. The van der Waals surface area contributed by atoms with E-state index in [1.807, 2.05) is 25.1 Å². The molecule has 2 aliphatic rings. The second-order valence-electron chi connectivity index (χ2n) is 8.01. The minimum absolute atomic E-state index is 0.0999. The Labute approximate surface area is 182 Å². The van der Waals surface area contributed by atoms with Crippen molar-refractivity contribution in [1.29, 1.82) is 0 Å². The smallest absolute Gasteiger partial charge is 0.414 e. The maximum atomic E-state index is 13.2. The van der Waals surface area contributed by atoms with E-state index in [0.717, 1.165) is 22.4 Å². The number of anilines is 1. The van der Waals surface area contributed by atoms with Crippen molar-refractivity contribution >= 4 is 33.4 Å². The van der Waals surface area contributed by atoms with Crippen molar-refractivity contribution in [3.63, 3.8) is 0 Å². The Hall–Kier alpha value is -2.09. The molecule has 0 saturated carbocycles. The maximum Gasteiger partial charge on any atom is 0.414 e. The molecule has 2 aromatic carbocycles. The predicted octanol–water partition coefficient (Wildman–Crippen LogP) is 4.58. The van der Waals surface area contributed by atoms with E-state index in [4.69, 9.17) is 16.3 Å². The van der Waals surface area contributed by atoms with Crippen LogP contribution in [0.15, 0.2) is 35.2 Å². The third-order valence-electron chi connectivity index (χ3n) is 5.97. The summed E-state index contributed by atoms with van der Waals surface area (Å²) in [6, 6.07) is 9.14. The van der Waals surface area contributed by atoms with E-state index in [1.54, 1.807) is 30.9 Å². The van der Waals surface area contributed by atoms with Crippen LogP contribution in [0.1, 0.15) is 35.1 Å². The first kappa shape index (κ1) is 21.2. The van der Waals surface area contributed by atoms with E-state index in [1.165, 1.54) is 4.31 Å². The Bertz CT molecular complexity index is 1110. The molecule has 2 aliphatic heterocycles. The van der Waals surface area contributed by atoms with Crippen molar-refractivity contribution < 1.29 is 17.9 Å². The summed E-state index contributed by atoms with van der Waals surface area (Å²) in [4.78, 5) is 14.6. The number of benzene rings is 2. The summed E-state index contributed by atoms with van der Waals surface area (Å²) >= 11 is 6.14. The molecule has 0 N–H and O–H groups in total. The quantitative estimate of drug-likeness (QED) is 0.689. The molecule has 2 aromatic rings. The van der Waals surface area contributed by atoms with Crippen molar-refractivity contribution in [2.45, 2.75) is 51.2 Å². The van der Waals surface area contributed by atoms with Crippen LogP contribution in [-0.2, 0) is 21.4 Å². The monoisotopic (exact) mass is 448 g/mol. The van der Waals surface area contributed by atoms with Crippen molar-refractivity contribution in [1.82, 2.24) is 4.31 Å². The van der Waals surface area contributed by atoms with Crippen LogP contribution in [0.5, 0.6) is 0 Å². The van der Waals surface area contributed by atoms with Crippen LogP contribution in [0.3, 0.4) is 0 Å². The maximum absolute atomic E-state index is 13.2. The number of piperidine rings is 1. The number of hydrogen-bond donors (Lipinski definition) is 0. The molecule has 0 bridgehead atoms. The predicted molar refractivity (Wildman–Crippen MR) is 117 cm³/mol. The van der Waals surface area contributed by atoms with E-state index in [-0.39, 0.29) is 18.7 Å². The highest BCUT2D eigenvalue weighted by atomic mass is 35.5. The van der Waals surface area contributed by atoms with E-state index >= 15 is 0 Å². The lowest BCUT2D eigenvalue weighted by atomic mass is 10.00. The van der Waals surface area contributed by atoms with Gasteiger partial charge < -0.3 is 4.74 Å². The van der Waals surface area contributed by atoms with E-state index in [9.17, 15) is 13.2 Å². The number of amides is 1. The second kappa shape index (κ2) is 7.87. The zero-order chi connectivity index (χ0) is 21.6. The molecule has 0 radical (unpaired) electrons. The highest BCUT2D eigenvalue weighted by molar-refractivity contribution is 7.89. The first-order valence-electron chi connectivity index (χ1n) is 10.0. The molecule has 2 heterocycles. The number of sulfonamides is 1. The van der Waals surface area contributed by atoms with Gasteiger partial charge in [0.15, 0.2) is 0 Å². The summed E-state index contributed by atoms with van der Waals surface area (Å²) in [7, 11) is -3.63. The molecular formula is C22H25ClN2O4S. The molecular weight excluding hydrogens is 424 g/mol. The second-order valence-corrected chi connectivity index (χ2v) is 10.3. The van der Waals surface area contributed by atoms with Gasteiger partial charge in [0.1, 0.15) is 6.61 Å². The van der Waals surface area contributed by atoms with Crippen LogP contribution in [0.4, 0.5) is 10.5 Å². The van der Waals surface area contributed by atoms with Crippen LogP contribution >= 0.6 is 11.6 Å². The number of carbonyl (C=O) groups is 1. The Morgan fingerprint density at radius 1 is 1.03 bits per heavy atom. The Kier molecular flexibility index (Phi) is 5.55. The first-order chi connectivity index (χ1) is 14.2. The van der Waals surface area contributed by atoms with Crippen LogP contribution in [0, 0.1) is 20.8 Å². The normalized spacial score (nSPS) is 18.3. The number of ether oxygens (including phenoxy) is 1. The zero-order valence-corrected chi connectivity index (χ0v) is 18.9. The summed E-state index contributed by atoms with van der Waals surface area (Å²) in [5.41, 5.74) is 4.28. The number of rotatable bonds is 3. The van der Waals surface area contributed by atoms with Gasteiger partial charge in [0, 0.05) is 29.7 Å². The number of halogens is 1. The van der Waals surface area contributed by atoms with E-state index in [0.29, 0.717) is 41.4 Å². The minimum Gasteiger partial charge on any atom is -0.444 e. The van der Waals surface area contributed by atoms with Crippen molar-refractivity contribution in [3.05, 3.63) is 57.6 Å². The van der Waals surface area contributed by atoms with E-state index in [2.05, 4.69) is 0 Å². The lowest BCUT2D eigenvalue weighted by Gasteiger charge is -2.40. The van der Waals surface area contributed by atoms with Gasteiger partial charge in [0.25, 0.3) is 0 Å². The van der Waals surface area contributed by atoms with Gasteiger partial charge in [-0.25, -0.2) is 13.2 Å². The van der Waals surface area contributed by atoms with Crippen LogP contribution in [0.25, 0.3) is 0 Å². The average Bonchev–Trinajstić information content (AvgIpc) is 2.71. The molecule has 0 aliphatic carbocycles. The number of para-hydroxylation sites is 1. The molecule has 30 heavy (non-hydrogen) atoms. The van der Waals surface area contributed by atoms with Gasteiger partial charge in [0.2, 0.25) is 10.0 Å². The van der Waals surface area contributed by atoms with Gasteiger partial charge in [-0.2, -0.15) is 4.31 Å². The minimum atomic E-state index is -3.63. The van der Waals surface area contributed by atoms with Crippen molar-refractivity contribution in [3.8, 4) is 0 Å². The number of fused-ring (bicyclic) bond motifs is 1. The van der Waals surface area contributed by atoms with Gasteiger partial charge in [-0.1, -0.05) is 29.8 Å². The van der Waals surface area contributed by atoms with Gasteiger partial charge in [-0.3, -0.25) is 4.90 Å². The molecule has 1 amide bonds. The summed E-state index contributed by atoms with van der Waals surface area (Å²) in [5, 5.41) is 0.558. The SMILES string of the molecule is Cc1cc(S(=O)(=O)N2CCC(N3C(=O)OCc4cccc(C)c43)CC2)c(C)cc1Cl. The summed E-state index contributed by atoms with van der Waals surface area (Å²) in [6.45, 7) is 6.51. The molecule has 0 aromatic heterocycles. The topological polar surface area (TPSA) is 66.9 Å². The van der Waals surface area contributed by atoms with Gasteiger partial charge in [-0.15, -0.1) is 0 Å². The van der Waals surface area contributed by atoms with Crippen LogP contribution in [0.2, 0.25) is 5.02 Å². The van der Waals surface area contributed by atoms with E-state index < -0.39 is 10.0 Å². The lowest BCUT2D eigenvalue weighted by Crippen LogP contribution is -2.50.